The number of allylic oxidation sites excluding steroid dienone is 2. The van der Waals surface area contributed by atoms with E-state index < -0.39 is 21.7 Å². The van der Waals surface area contributed by atoms with Gasteiger partial charge in [-0.25, -0.2) is 0 Å². The van der Waals surface area contributed by atoms with Crippen LogP contribution in [0.25, 0.3) is 0 Å². The Bertz CT molecular complexity index is 234. The summed E-state index contributed by atoms with van der Waals surface area (Å²) in [5, 5.41) is 0. The fourth-order valence-corrected chi connectivity index (χ4v) is 9.81. The summed E-state index contributed by atoms with van der Waals surface area (Å²) in [5.41, 5.74) is 1.29. The van der Waals surface area contributed by atoms with Gasteiger partial charge in [0.15, 0.2) is 0 Å². The molecule has 0 spiro atoms. The summed E-state index contributed by atoms with van der Waals surface area (Å²) in [5.74, 6) is 0.271. The normalized spacial score (nSPS) is 11.4. The second kappa shape index (κ2) is 9.15. The Kier molecular flexibility index (Phi) is 9.19. The molecule has 3 heteroatoms. The summed E-state index contributed by atoms with van der Waals surface area (Å²) in [6, 6.07) is 0. The Morgan fingerprint density at radius 2 is 1.62 bits per heavy atom. The molecule has 0 unspecified atom stereocenters. The SMILES string of the molecule is CCC(=O)/C=C(/CC)[N](CC)[In]([CH2]C)[CH2]C. The van der Waals surface area contributed by atoms with Crippen LogP contribution in [-0.2, 0) is 4.79 Å². The first kappa shape index (κ1) is 16.1. The molecule has 0 heterocycles. The zero-order chi connectivity index (χ0) is 12.6. The molecule has 0 radical (unpaired) electrons. The van der Waals surface area contributed by atoms with Crippen molar-refractivity contribution in [1.29, 1.82) is 0 Å². The van der Waals surface area contributed by atoms with Gasteiger partial charge in [0.1, 0.15) is 0 Å². The monoisotopic (exact) mass is 327 g/mol. The summed E-state index contributed by atoms with van der Waals surface area (Å²) in [6.45, 7) is 12.0. The molecule has 16 heavy (non-hydrogen) atoms. The van der Waals surface area contributed by atoms with Crippen LogP contribution in [0.3, 0.4) is 0 Å². The van der Waals surface area contributed by atoms with Crippen molar-refractivity contribution >= 4 is 27.5 Å². The van der Waals surface area contributed by atoms with Crippen molar-refractivity contribution in [2.45, 2.75) is 55.8 Å². The van der Waals surface area contributed by atoms with Crippen LogP contribution in [0.15, 0.2) is 11.8 Å². The number of hydrogen-bond donors (Lipinski definition) is 0. The van der Waals surface area contributed by atoms with Crippen LogP contribution < -0.4 is 0 Å². The Balaban J connectivity index is 4.87. The van der Waals surface area contributed by atoms with Crippen LogP contribution in [0.2, 0.25) is 8.35 Å². The number of carbonyl (C=O) groups excluding carboxylic acids is 1. The van der Waals surface area contributed by atoms with E-state index in [0.717, 1.165) is 13.0 Å². The third-order valence-corrected chi connectivity index (χ3v) is 13.0. The van der Waals surface area contributed by atoms with Crippen LogP contribution in [0.5, 0.6) is 0 Å². The van der Waals surface area contributed by atoms with Crippen LogP contribution in [0.1, 0.15) is 47.5 Å². The van der Waals surface area contributed by atoms with Gasteiger partial charge in [-0.2, -0.15) is 0 Å². The van der Waals surface area contributed by atoms with Gasteiger partial charge in [0, 0.05) is 0 Å². The third-order valence-electron chi connectivity index (χ3n) is 3.13. The van der Waals surface area contributed by atoms with Crippen molar-refractivity contribution in [3.8, 4) is 0 Å². The van der Waals surface area contributed by atoms with Gasteiger partial charge < -0.3 is 0 Å². The number of hydrogen-bond acceptors (Lipinski definition) is 2. The van der Waals surface area contributed by atoms with Crippen molar-refractivity contribution < 1.29 is 4.79 Å². The summed E-state index contributed by atoms with van der Waals surface area (Å²) in [6.07, 6.45) is 3.51. The minimum absolute atomic E-state index is 0.271. The Morgan fingerprint density at radius 3 is 1.94 bits per heavy atom. The average molecular weight is 327 g/mol. The standard InChI is InChI=1S/C9H17NO.2C2H5.In/c1-4-8(10-6-3)7-9(11)5-2;2*1-2;/h7H,4-6H2,1-3H3,(H,10,11);2*1H2,2H3;/q;;;+1/p-1. The summed E-state index contributed by atoms with van der Waals surface area (Å²) < 4.78 is 5.29. The second-order valence-electron chi connectivity index (χ2n) is 4.07. The Labute approximate surface area is 109 Å². The van der Waals surface area contributed by atoms with Gasteiger partial charge >= 0.3 is 109 Å². The maximum absolute atomic E-state index is 11.5. The van der Waals surface area contributed by atoms with Crippen molar-refractivity contribution in [1.82, 2.24) is 2.89 Å². The summed E-state index contributed by atoms with van der Waals surface area (Å²) in [4.78, 5) is 11.5. The van der Waals surface area contributed by atoms with E-state index in [-0.39, 0.29) is 5.78 Å². The van der Waals surface area contributed by atoms with E-state index in [0.29, 0.717) is 6.42 Å². The molecule has 92 valence electrons. The number of ketones is 1. The molecule has 2 nitrogen and oxygen atoms in total. The van der Waals surface area contributed by atoms with Crippen LogP contribution in [-0.4, -0.2) is 36.9 Å². The molecule has 0 rings (SSSR count). The first-order chi connectivity index (χ1) is 7.64. The van der Waals surface area contributed by atoms with Gasteiger partial charge in [-0.3, -0.25) is 0 Å². The third kappa shape index (κ3) is 4.94. The van der Waals surface area contributed by atoms with Gasteiger partial charge in [0.05, 0.1) is 0 Å². The first-order valence-corrected chi connectivity index (χ1v) is 12.8. The molecule has 0 aliphatic heterocycles. The molecular weight excluding hydrogens is 301 g/mol. The molecule has 0 aromatic carbocycles. The molecule has 0 saturated heterocycles. The molecule has 0 fully saturated rings. The topological polar surface area (TPSA) is 20.3 Å². The first-order valence-electron chi connectivity index (χ1n) is 6.64. The van der Waals surface area contributed by atoms with E-state index in [4.69, 9.17) is 0 Å². The van der Waals surface area contributed by atoms with Crippen LogP contribution in [0.4, 0.5) is 0 Å². The Hall–Kier alpha value is 0.0801. The van der Waals surface area contributed by atoms with Gasteiger partial charge in [-0.1, -0.05) is 0 Å². The van der Waals surface area contributed by atoms with E-state index in [2.05, 4.69) is 30.6 Å². The van der Waals surface area contributed by atoms with Gasteiger partial charge in [-0.15, -0.1) is 0 Å². The second-order valence-corrected chi connectivity index (χ2v) is 14.2. The van der Waals surface area contributed by atoms with Crippen molar-refractivity contribution in [3.63, 3.8) is 0 Å². The van der Waals surface area contributed by atoms with Crippen LogP contribution in [0, 0.1) is 0 Å². The average Bonchev–Trinajstić information content (AvgIpc) is 2.33. The number of rotatable bonds is 8. The predicted octanol–water partition coefficient (Wildman–Crippen LogP) is 3.61. The predicted molar refractivity (Wildman–Crippen MR) is 72.8 cm³/mol. The van der Waals surface area contributed by atoms with Gasteiger partial charge in [0.2, 0.25) is 0 Å². The molecule has 0 aromatic heterocycles. The zero-order valence-corrected chi connectivity index (χ0v) is 14.8. The van der Waals surface area contributed by atoms with E-state index in [9.17, 15) is 4.79 Å². The molecular formula is C13H26InNO. The Morgan fingerprint density at radius 1 is 1.06 bits per heavy atom. The maximum atomic E-state index is 11.5. The molecule has 0 aliphatic carbocycles. The van der Waals surface area contributed by atoms with Crippen molar-refractivity contribution in [3.05, 3.63) is 11.8 Å². The molecule has 0 saturated carbocycles. The van der Waals surface area contributed by atoms with Crippen LogP contribution >= 0.6 is 0 Å². The fourth-order valence-electron chi connectivity index (χ4n) is 2.10. The quantitative estimate of drug-likeness (QED) is 0.635. The molecule has 0 N–H and O–H groups in total. The molecule has 0 amide bonds. The number of nitrogens with zero attached hydrogens (tertiary/aromatic N) is 1. The zero-order valence-electron chi connectivity index (χ0n) is 11.5. The minimum atomic E-state index is -1.56. The fraction of sp³-hybridized carbons (Fsp3) is 0.769. The van der Waals surface area contributed by atoms with E-state index in [1.54, 1.807) is 0 Å². The van der Waals surface area contributed by atoms with Crippen molar-refractivity contribution in [2.24, 2.45) is 0 Å². The van der Waals surface area contributed by atoms with E-state index in [1.165, 1.54) is 14.1 Å². The molecule has 0 aromatic rings. The molecule has 0 bridgehead atoms. The van der Waals surface area contributed by atoms with E-state index in [1.807, 2.05) is 13.0 Å². The molecule has 0 aliphatic rings. The summed E-state index contributed by atoms with van der Waals surface area (Å²) in [7, 11) is 0. The van der Waals surface area contributed by atoms with Gasteiger partial charge in [-0.05, 0) is 0 Å². The van der Waals surface area contributed by atoms with Crippen molar-refractivity contribution in [2.75, 3.05) is 6.54 Å². The van der Waals surface area contributed by atoms with E-state index >= 15 is 0 Å². The number of carbonyl (C=O) groups is 1. The summed E-state index contributed by atoms with van der Waals surface area (Å²) >= 11 is -1.56. The molecule has 0 atom stereocenters. The van der Waals surface area contributed by atoms with Gasteiger partial charge in [0.25, 0.3) is 0 Å².